The number of ether oxygens (including phenoxy) is 1. The standard InChI is InChI=1S/C10H16O4/c1-4-6-8(12)9(7(3)11)10(13)14-5-2/h9H,4-6H2,1-3H3. The summed E-state index contributed by atoms with van der Waals surface area (Å²) in [5.74, 6) is -2.73. The average molecular weight is 200 g/mol. The van der Waals surface area contributed by atoms with E-state index in [1.165, 1.54) is 6.92 Å². The molecule has 0 rings (SSSR count). The van der Waals surface area contributed by atoms with Crippen LogP contribution >= 0.6 is 0 Å². The Morgan fingerprint density at radius 1 is 1.21 bits per heavy atom. The van der Waals surface area contributed by atoms with Crippen molar-refractivity contribution in [1.29, 1.82) is 0 Å². The maximum atomic E-state index is 11.4. The lowest BCUT2D eigenvalue weighted by Crippen LogP contribution is -2.31. The zero-order chi connectivity index (χ0) is 11.1. The summed E-state index contributed by atoms with van der Waals surface area (Å²) in [5, 5.41) is 0. The number of carbonyl (C=O) groups is 3. The van der Waals surface area contributed by atoms with Crippen LogP contribution in [0.1, 0.15) is 33.6 Å². The molecule has 0 saturated heterocycles. The van der Waals surface area contributed by atoms with Crippen LogP contribution < -0.4 is 0 Å². The maximum absolute atomic E-state index is 11.4. The molecule has 80 valence electrons. The summed E-state index contributed by atoms with van der Waals surface area (Å²) in [4.78, 5) is 33.7. The number of carbonyl (C=O) groups excluding carboxylic acids is 3. The van der Waals surface area contributed by atoms with Crippen molar-refractivity contribution >= 4 is 17.5 Å². The Morgan fingerprint density at radius 3 is 2.14 bits per heavy atom. The lowest BCUT2D eigenvalue weighted by molar-refractivity contribution is -0.154. The molecule has 0 bridgehead atoms. The SMILES string of the molecule is CCCC(=O)C(C(C)=O)C(=O)OCC. The summed E-state index contributed by atoms with van der Waals surface area (Å²) >= 11 is 0. The Bertz CT molecular complexity index is 214. The van der Waals surface area contributed by atoms with Crippen LogP contribution in [0.3, 0.4) is 0 Å². The maximum Gasteiger partial charge on any atom is 0.324 e. The molecule has 0 aromatic carbocycles. The minimum atomic E-state index is -1.21. The van der Waals surface area contributed by atoms with Gasteiger partial charge in [0.25, 0.3) is 0 Å². The molecule has 0 aliphatic rings. The first-order chi connectivity index (χ1) is 6.54. The lowest BCUT2D eigenvalue weighted by Gasteiger charge is -2.10. The molecule has 0 aromatic heterocycles. The van der Waals surface area contributed by atoms with Crippen molar-refractivity contribution in [3.63, 3.8) is 0 Å². The Hall–Kier alpha value is -1.19. The van der Waals surface area contributed by atoms with Crippen LogP contribution in [0.25, 0.3) is 0 Å². The normalized spacial score (nSPS) is 11.9. The zero-order valence-electron chi connectivity index (χ0n) is 8.83. The monoisotopic (exact) mass is 200 g/mol. The summed E-state index contributed by atoms with van der Waals surface area (Å²) in [7, 11) is 0. The van der Waals surface area contributed by atoms with Crippen LogP contribution in [-0.2, 0) is 19.1 Å². The molecule has 1 unspecified atom stereocenters. The van der Waals surface area contributed by atoms with Crippen LogP contribution in [0, 0.1) is 5.92 Å². The molecule has 0 amide bonds. The third kappa shape index (κ3) is 3.68. The molecule has 0 aliphatic carbocycles. The third-order valence-corrected chi connectivity index (χ3v) is 1.75. The van der Waals surface area contributed by atoms with E-state index in [-0.39, 0.29) is 18.8 Å². The van der Waals surface area contributed by atoms with Gasteiger partial charge in [-0.05, 0) is 20.3 Å². The van der Waals surface area contributed by atoms with E-state index < -0.39 is 17.7 Å². The van der Waals surface area contributed by atoms with Gasteiger partial charge in [-0.3, -0.25) is 14.4 Å². The van der Waals surface area contributed by atoms with Crippen LogP contribution in [0.5, 0.6) is 0 Å². The first kappa shape index (κ1) is 12.8. The quantitative estimate of drug-likeness (QED) is 0.476. The largest absolute Gasteiger partial charge is 0.465 e. The van der Waals surface area contributed by atoms with Crippen molar-refractivity contribution in [1.82, 2.24) is 0 Å². The first-order valence-electron chi connectivity index (χ1n) is 4.74. The van der Waals surface area contributed by atoms with Crippen LogP contribution in [-0.4, -0.2) is 24.1 Å². The van der Waals surface area contributed by atoms with Crippen molar-refractivity contribution in [3.05, 3.63) is 0 Å². The highest BCUT2D eigenvalue weighted by Gasteiger charge is 2.31. The fourth-order valence-corrected chi connectivity index (χ4v) is 1.14. The highest BCUT2D eigenvalue weighted by atomic mass is 16.5. The van der Waals surface area contributed by atoms with Gasteiger partial charge in [-0.25, -0.2) is 0 Å². The topological polar surface area (TPSA) is 60.4 Å². The summed E-state index contributed by atoms with van der Waals surface area (Å²) in [6, 6.07) is 0. The van der Waals surface area contributed by atoms with Gasteiger partial charge in [0, 0.05) is 6.42 Å². The molecule has 0 fully saturated rings. The first-order valence-corrected chi connectivity index (χ1v) is 4.74. The zero-order valence-corrected chi connectivity index (χ0v) is 8.83. The van der Waals surface area contributed by atoms with Crippen molar-refractivity contribution in [2.75, 3.05) is 6.61 Å². The Morgan fingerprint density at radius 2 is 1.79 bits per heavy atom. The van der Waals surface area contributed by atoms with Crippen molar-refractivity contribution in [3.8, 4) is 0 Å². The molecule has 0 N–H and O–H groups in total. The molecule has 4 heteroatoms. The summed E-state index contributed by atoms with van der Waals surface area (Å²) < 4.78 is 4.65. The number of hydrogen-bond acceptors (Lipinski definition) is 4. The number of esters is 1. The molecule has 0 spiro atoms. The minimum absolute atomic E-state index is 0.183. The van der Waals surface area contributed by atoms with E-state index in [0.29, 0.717) is 6.42 Å². The summed E-state index contributed by atoms with van der Waals surface area (Å²) in [6.45, 7) is 4.87. The summed E-state index contributed by atoms with van der Waals surface area (Å²) in [5.41, 5.74) is 0. The molecule has 0 heterocycles. The van der Waals surface area contributed by atoms with E-state index in [2.05, 4.69) is 4.74 Å². The van der Waals surface area contributed by atoms with E-state index in [9.17, 15) is 14.4 Å². The van der Waals surface area contributed by atoms with Gasteiger partial charge in [-0.2, -0.15) is 0 Å². The molecule has 0 aliphatic heterocycles. The van der Waals surface area contributed by atoms with Gasteiger partial charge in [0.2, 0.25) is 0 Å². The average Bonchev–Trinajstić information content (AvgIpc) is 2.04. The Labute approximate surface area is 83.6 Å². The van der Waals surface area contributed by atoms with Gasteiger partial charge in [0.1, 0.15) is 0 Å². The molecule has 14 heavy (non-hydrogen) atoms. The van der Waals surface area contributed by atoms with E-state index in [4.69, 9.17) is 0 Å². The summed E-state index contributed by atoms with van der Waals surface area (Å²) in [6.07, 6.45) is 0.866. The predicted octanol–water partition coefficient (Wildman–Crippen LogP) is 1.12. The van der Waals surface area contributed by atoms with Gasteiger partial charge in [0.05, 0.1) is 6.61 Å². The van der Waals surface area contributed by atoms with Crippen LogP contribution in [0.4, 0.5) is 0 Å². The fraction of sp³-hybridized carbons (Fsp3) is 0.700. The molecule has 1 atom stereocenters. The van der Waals surface area contributed by atoms with Crippen molar-refractivity contribution in [2.45, 2.75) is 33.6 Å². The molecular formula is C10H16O4. The van der Waals surface area contributed by atoms with Crippen molar-refractivity contribution < 1.29 is 19.1 Å². The van der Waals surface area contributed by atoms with Gasteiger partial charge in [-0.1, -0.05) is 6.92 Å². The van der Waals surface area contributed by atoms with Gasteiger partial charge < -0.3 is 4.74 Å². The Balaban J connectivity index is 4.51. The number of Topliss-reactive ketones (excluding diaryl/α,β-unsaturated/α-hetero) is 2. The Kier molecular flexibility index (Phi) is 5.76. The number of rotatable bonds is 6. The van der Waals surface area contributed by atoms with Gasteiger partial charge >= 0.3 is 5.97 Å². The fourth-order valence-electron chi connectivity index (χ4n) is 1.14. The number of hydrogen-bond donors (Lipinski definition) is 0. The highest BCUT2D eigenvalue weighted by molar-refractivity contribution is 6.16. The molecule has 4 nitrogen and oxygen atoms in total. The van der Waals surface area contributed by atoms with E-state index in [1.807, 2.05) is 6.92 Å². The van der Waals surface area contributed by atoms with Crippen LogP contribution in [0.2, 0.25) is 0 Å². The van der Waals surface area contributed by atoms with E-state index in [1.54, 1.807) is 6.92 Å². The molecule has 0 saturated carbocycles. The molecule has 0 radical (unpaired) electrons. The highest BCUT2D eigenvalue weighted by Crippen LogP contribution is 2.08. The smallest absolute Gasteiger partial charge is 0.324 e. The predicted molar refractivity (Wildman–Crippen MR) is 50.7 cm³/mol. The van der Waals surface area contributed by atoms with E-state index in [0.717, 1.165) is 0 Å². The minimum Gasteiger partial charge on any atom is -0.465 e. The second kappa shape index (κ2) is 6.29. The lowest BCUT2D eigenvalue weighted by atomic mass is 9.97. The van der Waals surface area contributed by atoms with E-state index >= 15 is 0 Å². The second-order valence-corrected chi connectivity index (χ2v) is 3.01. The van der Waals surface area contributed by atoms with Gasteiger partial charge in [0.15, 0.2) is 17.5 Å². The van der Waals surface area contributed by atoms with Crippen molar-refractivity contribution in [2.24, 2.45) is 5.92 Å². The number of ketones is 2. The van der Waals surface area contributed by atoms with Gasteiger partial charge in [-0.15, -0.1) is 0 Å². The molecular weight excluding hydrogens is 184 g/mol. The second-order valence-electron chi connectivity index (χ2n) is 3.01. The third-order valence-electron chi connectivity index (χ3n) is 1.75. The molecule has 0 aromatic rings. The van der Waals surface area contributed by atoms with Crippen LogP contribution in [0.15, 0.2) is 0 Å².